The lowest BCUT2D eigenvalue weighted by atomic mass is 10.0. The van der Waals surface area contributed by atoms with Gasteiger partial charge in [0.05, 0.1) is 48.3 Å². The Balaban J connectivity index is 2.11. The van der Waals surface area contributed by atoms with Crippen molar-refractivity contribution >= 4 is 6.21 Å². The van der Waals surface area contributed by atoms with E-state index in [9.17, 15) is 0 Å². The van der Waals surface area contributed by atoms with E-state index >= 15 is 0 Å². The van der Waals surface area contributed by atoms with Gasteiger partial charge in [0.1, 0.15) is 13.1 Å². The molecule has 4 heteroatoms. The van der Waals surface area contributed by atoms with Crippen LogP contribution in [0.2, 0.25) is 0 Å². The number of quaternary nitrogens is 1. The van der Waals surface area contributed by atoms with E-state index in [0.29, 0.717) is 0 Å². The van der Waals surface area contributed by atoms with E-state index in [1.165, 1.54) is 24.1 Å². The molecular formula is C17H28N2O2+2. The number of nitrogens with zero attached hydrogens (tertiary/aromatic N) is 2. The van der Waals surface area contributed by atoms with Crippen LogP contribution in [0.15, 0.2) is 12.1 Å². The molecule has 0 unspecified atom stereocenters. The summed E-state index contributed by atoms with van der Waals surface area (Å²) in [4.78, 5) is 0. The zero-order valence-electron chi connectivity index (χ0n) is 14.0. The molecule has 4 nitrogen and oxygen atoms in total. The molecule has 1 aliphatic heterocycles. The van der Waals surface area contributed by atoms with Crippen molar-refractivity contribution < 1.29 is 18.5 Å². The molecule has 1 aromatic carbocycles. The fourth-order valence-corrected chi connectivity index (χ4v) is 2.72. The van der Waals surface area contributed by atoms with E-state index in [2.05, 4.69) is 44.1 Å². The average molecular weight is 292 g/mol. The minimum atomic E-state index is 0.806. The van der Waals surface area contributed by atoms with Gasteiger partial charge in [0.2, 0.25) is 0 Å². The number of methoxy groups -OCH3 is 2. The van der Waals surface area contributed by atoms with Gasteiger partial charge < -0.3 is 14.0 Å². The van der Waals surface area contributed by atoms with Crippen molar-refractivity contribution in [1.82, 2.24) is 0 Å². The molecule has 1 aromatic rings. The number of ether oxygens (including phenoxy) is 2. The fourth-order valence-electron chi connectivity index (χ4n) is 2.72. The van der Waals surface area contributed by atoms with Crippen molar-refractivity contribution in [2.24, 2.45) is 0 Å². The third-order valence-electron chi connectivity index (χ3n) is 3.91. The summed E-state index contributed by atoms with van der Waals surface area (Å²) in [6.45, 7) is 3.39. The highest BCUT2D eigenvalue weighted by Gasteiger charge is 2.19. The van der Waals surface area contributed by atoms with Crippen LogP contribution in [-0.2, 0) is 6.42 Å². The maximum Gasteiger partial charge on any atom is 0.171 e. The number of benzene rings is 1. The average Bonchev–Trinajstić information content (AvgIpc) is 2.44. The largest absolute Gasteiger partial charge is 0.493 e. The van der Waals surface area contributed by atoms with Crippen LogP contribution in [0, 0.1) is 0 Å². The normalized spacial score (nSPS) is 14.4. The summed E-state index contributed by atoms with van der Waals surface area (Å²) < 4.78 is 14.2. The highest BCUT2D eigenvalue weighted by Crippen LogP contribution is 2.31. The van der Waals surface area contributed by atoms with Gasteiger partial charge in [-0.15, -0.1) is 0 Å². The molecule has 2 rings (SSSR count). The first-order chi connectivity index (χ1) is 9.93. The van der Waals surface area contributed by atoms with Gasteiger partial charge >= 0.3 is 0 Å². The molecule has 0 radical (unpaired) electrons. The van der Waals surface area contributed by atoms with Gasteiger partial charge in [-0.05, 0) is 17.7 Å². The summed E-state index contributed by atoms with van der Waals surface area (Å²) in [6, 6.07) is 4.19. The quantitative estimate of drug-likeness (QED) is 0.589. The molecule has 0 aromatic heterocycles. The topological polar surface area (TPSA) is 21.5 Å². The molecule has 0 saturated heterocycles. The summed E-state index contributed by atoms with van der Waals surface area (Å²) >= 11 is 0. The highest BCUT2D eigenvalue weighted by atomic mass is 16.5. The molecule has 1 heterocycles. The number of rotatable bonds is 6. The van der Waals surface area contributed by atoms with E-state index in [0.717, 1.165) is 35.5 Å². The van der Waals surface area contributed by atoms with Crippen LogP contribution >= 0.6 is 0 Å². The SMILES string of the molecule is COc1cc2c(cc1OC)CC[N+](CCC[N+](C)(C)C)=C2. The van der Waals surface area contributed by atoms with Crippen molar-refractivity contribution in [3.8, 4) is 11.5 Å². The van der Waals surface area contributed by atoms with Crippen molar-refractivity contribution in [2.45, 2.75) is 12.8 Å². The van der Waals surface area contributed by atoms with Gasteiger partial charge in [-0.2, -0.15) is 0 Å². The summed E-state index contributed by atoms with van der Waals surface area (Å²) in [7, 11) is 10.1. The first-order valence-electron chi connectivity index (χ1n) is 7.57. The molecule has 0 bridgehead atoms. The summed E-state index contributed by atoms with van der Waals surface area (Å²) in [6.07, 6.45) is 4.54. The van der Waals surface area contributed by atoms with Gasteiger partial charge in [-0.25, -0.2) is 4.58 Å². The van der Waals surface area contributed by atoms with E-state index in [1.54, 1.807) is 14.2 Å². The summed E-state index contributed by atoms with van der Waals surface area (Å²) in [5.41, 5.74) is 2.60. The Hall–Kier alpha value is -1.55. The Morgan fingerprint density at radius 3 is 2.38 bits per heavy atom. The van der Waals surface area contributed by atoms with Crippen LogP contribution in [0.5, 0.6) is 11.5 Å². The second kappa shape index (κ2) is 6.48. The molecule has 0 spiro atoms. The molecule has 0 N–H and O–H groups in total. The van der Waals surface area contributed by atoms with Crippen molar-refractivity contribution in [3.05, 3.63) is 23.3 Å². The second-order valence-corrected chi connectivity index (χ2v) is 6.69. The Morgan fingerprint density at radius 2 is 1.76 bits per heavy atom. The van der Waals surface area contributed by atoms with Crippen LogP contribution in [-0.4, -0.2) is 70.3 Å². The Kier molecular flexibility index (Phi) is 4.88. The van der Waals surface area contributed by atoms with E-state index in [4.69, 9.17) is 9.47 Å². The van der Waals surface area contributed by atoms with Crippen molar-refractivity contribution in [1.29, 1.82) is 0 Å². The second-order valence-electron chi connectivity index (χ2n) is 6.69. The van der Waals surface area contributed by atoms with E-state index < -0.39 is 0 Å². The van der Waals surface area contributed by atoms with Crippen molar-refractivity contribution in [3.63, 3.8) is 0 Å². The lowest BCUT2D eigenvalue weighted by Crippen LogP contribution is -2.37. The van der Waals surface area contributed by atoms with E-state index in [-0.39, 0.29) is 0 Å². The molecule has 0 atom stereocenters. The molecule has 116 valence electrons. The molecule has 0 amide bonds. The van der Waals surface area contributed by atoms with Crippen LogP contribution in [0.4, 0.5) is 0 Å². The third kappa shape index (κ3) is 4.21. The Bertz CT molecular complexity index is 530. The van der Waals surface area contributed by atoms with Crippen LogP contribution in [0.1, 0.15) is 17.5 Å². The maximum absolute atomic E-state index is 5.40. The number of fused-ring (bicyclic) bond motifs is 1. The van der Waals surface area contributed by atoms with Gasteiger partial charge in [0.15, 0.2) is 17.7 Å². The van der Waals surface area contributed by atoms with E-state index in [1.807, 2.05) is 0 Å². The molecule has 0 fully saturated rings. The maximum atomic E-state index is 5.40. The van der Waals surface area contributed by atoms with Crippen LogP contribution in [0.25, 0.3) is 0 Å². The first kappa shape index (κ1) is 15.8. The molecular weight excluding hydrogens is 264 g/mol. The lowest BCUT2D eigenvalue weighted by Gasteiger charge is -2.23. The molecule has 1 aliphatic rings. The Morgan fingerprint density at radius 1 is 1.10 bits per heavy atom. The minimum Gasteiger partial charge on any atom is -0.493 e. The predicted molar refractivity (Wildman–Crippen MR) is 85.9 cm³/mol. The smallest absolute Gasteiger partial charge is 0.171 e. The summed E-state index contributed by atoms with van der Waals surface area (Å²) in [5, 5.41) is 0. The fraction of sp³-hybridized carbons (Fsp3) is 0.588. The van der Waals surface area contributed by atoms with Crippen LogP contribution in [0.3, 0.4) is 0 Å². The predicted octanol–water partition coefficient (Wildman–Crippen LogP) is 1.79. The van der Waals surface area contributed by atoms with Gasteiger partial charge in [0, 0.05) is 12.0 Å². The first-order valence-corrected chi connectivity index (χ1v) is 7.57. The molecule has 0 aliphatic carbocycles. The molecule has 21 heavy (non-hydrogen) atoms. The Labute approximate surface area is 128 Å². The minimum absolute atomic E-state index is 0.806. The standard InChI is InChI=1S/C17H28N2O2/c1-19(2,3)10-6-8-18-9-7-14-11-16(20-4)17(21-5)12-15(14)13-18/h11-13H,6-10H2,1-5H3/q+2. The zero-order valence-corrected chi connectivity index (χ0v) is 14.0. The monoisotopic (exact) mass is 292 g/mol. The summed E-state index contributed by atoms with van der Waals surface area (Å²) in [5.74, 6) is 1.63. The number of hydrogen-bond acceptors (Lipinski definition) is 2. The third-order valence-corrected chi connectivity index (χ3v) is 3.91. The van der Waals surface area contributed by atoms with Crippen LogP contribution < -0.4 is 9.47 Å². The number of hydrogen-bond donors (Lipinski definition) is 0. The zero-order chi connectivity index (χ0) is 15.5. The van der Waals surface area contributed by atoms with Gasteiger partial charge in [-0.3, -0.25) is 0 Å². The highest BCUT2D eigenvalue weighted by molar-refractivity contribution is 5.80. The lowest BCUT2D eigenvalue weighted by molar-refractivity contribution is -0.871. The van der Waals surface area contributed by atoms with Crippen molar-refractivity contribution in [2.75, 3.05) is 55.0 Å². The van der Waals surface area contributed by atoms with Gasteiger partial charge in [-0.1, -0.05) is 0 Å². The molecule has 0 saturated carbocycles. The van der Waals surface area contributed by atoms with Gasteiger partial charge in [0.25, 0.3) is 0 Å².